The number of hydrogen-bond donors (Lipinski definition) is 1. The maximum Gasteiger partial charge on any atom is 0.317 e. The number of carbonyl (C=O) groups is 1. The van der Waals surface area contributed by atoms with E-state index in [0.717, 1.165) is 24.1 Å². The van der Waals surface area contributed by atoms with Crippen molar-refractivity contribution in [3.63, 3.8) is 0 Å². The number of likely N-dealkylation sites (tertiary alicyclic amines) is 1. The Hall–Kier alpha value is -1.56. The van der Waals surface area contributed by atoms with Crippen molar-refractivity contribution in [1.82, 2.24) is 10.2 Å². The highest BCUT2D eigenvalue weighted by molar-refractivity contribution is 7.89. The van der Waals surface area contributed by atoms with Crippen molar-refractivity contribution in [1.29, 1.82) is 0 Å². The van der Waals surface area contributed by atoms with Gasteiger partial charge in [0.2, 0.25) is 0 Å². The first-order valence-corrected chi connectivity index (χ1v) is 10.1. The van der Waals surface area contributed by atoms with Crippen LogP contribution in [0.3, 0.4) is 0 Å². The van der Waals surface area contributed by atoms with Crippen LogP contribution in [-0.2, 0) is 22.1 Å². The van der Waals surface area contributed by atoms with E-state index in [1.165, 1.54) is 12.7 Å². The highest BCUT2D eigenvalue weighted by atomic mass is 32.2. The molecule has 1 N–H and O–H groups in total. The molecule has 1 heterocycles. The minimum Gasteiger partial charge on any atom is -0.334 e. The Labute approximate surface area is 139 Å². The molecule has 0 radical (unpaired) electrons. The molecule has 5 nitrogen and oxygen atoms in total. The number of rotatable bonds is 4. The van der Waals surface area contributed by atoms with Crippen LogP contribution >= 0.6 is 0 Å². The SMILES string of the molecule is CC1CCCN(C(=O)NCc2ccc(CS(C)(=O)=O)cc2)C1C. The molecule has 1 aromatic rings. The van der Waals surface area contributed by atoms with Crippen LogP contribution in [0.15, 0.2) is 24.3 Å². The van der Waals surface area contributed by atoms with Crippen LogP contribution in [0.1, 0.15) is 37.8 Å². The normalized spacial score (nSPS) is 22.0. The van der Waals surface area contributed by atoms with E-state index in [4.69, 9.17) is 0 Å². The van der Waals surface area contributed by atoms with Gasteiger partial charge in [0.15, 0.2) is 9.84 Å². The number of urea groups is 1. The summed E-state index contributed by atoms with van der Waals surface area (Å²) in [5.74, 6) is 0.577. The van der Waals surface area contributed by atoms with Crippen molar-refractivity contribution in [2.45, 2.75) is 45.0 Å². The molecular formula is C17H26N2O3S. The van der Waals surface area contributed by atoms with E-state index < -0.39 is 9.84 Å². The molecular weight excluding hydrogens is 312 g/mol. The van der Waals surface area contributed by atoms with Gasteiger partial charge in [-0.15, -0.1) is 0 Å². The summed E-state index contributed by atoms with van der Waals surface area (Å²) < 4.78 is 22.5. The molecule has 2 atom stereocenters. The Bertz CT molecular complexity index is 640. The van der Waals surface area contributed by atoms with Crippen LogP contribution in [0, 0.1) is 5.92 Å². The molecule has 1 fully saturated rings. The maximum absolute atomic E-state index is 12.3. The number of piperidine rings is 1. The second-order valence-electron chi connectivity index (χ2n) is 6.60. The fraction of sp³-hybridized carbons (Fsp3) is 0.588. The molecule has 0 saturated carbocycles. The summed E-state index contributed by atoms with van der Waals surface area (Å²) in [7, 11) is -3.02. The van der Waals surface area contributed by atoms with Crippen LogP contribution in [0.2, 0.25) is 0 Å². The van der Waals surface area contributed by atoms with Gasteiger partial charge >= 0.3 is 6.03 Å². The van der Waals surface area contributed by atoms with Crippen molar-refractivity contribution in [3.05, 3.63) is 35.4 Å². The van der Waals surface area contributed by atoms with Gasteiger partial charge < -0.3 is 10.2 Å². The molecule has 2 rings (SSSR count). The van der Waals surface area contributed by atoms with Crippen LogP contribution in [0.5, 0.6) is 0 Å². The molecule has 0 aliphatic carbocycles. The average molecular weight is 338 g/mol. The topological polar surface area (TPSA) is 66.5 Å². The monoisotopic (exact) mass is 338 g/mol. The summed E-state index contributed by atoms with van der Waals surface area (Å²) in [4.78, 5) is 14.2. The zero-order valence-electron chi connectivity index (χ0n) is 14.1. The average Bonchev–Trinajstić information content (AvgIpc) is 2.47. The lowest BCUT2D eigenvalue weighted by Crippen LogP contribution is -2.50. The minimum atomic E-state index is -3.02. The fourth-order valence-corrected chi connectivity index (χ4v) is 3.76. The number of amides is 2. The van der Waals surface area contributed by atoms with E-state index >= 15 is 0 Å². The molecule has 0 bridgehead atoms. The van der Waals surface area contributed by atoms with Gasteiger partial charge in [0.1, 0.15) is 0 Å². The first kappa shape index (κ1) is 17.8. The number of carbonyl (C=O) groups excluding carboxylic acids is 1. The quantitative estimate of drug-likeness (QED) is 0.917. The number of hydrogen-bond acceptors (Lipinski definition) is 3. The van der Waals surface area contributed by atoms with Gasteiger partial charge in [-0.05, 0) is 36.8 Å². The van der Waals surface area contributed by atoms with Gasteiger partial charge in [-0.1, -0.05) is 31.2 Å². The molecule has 128 valence electrons. The summed E-state index contributed by atoms with van der Waals surface area (Å²) in [6, 6.07) is 7.57. The van der Waals surface area contributed by atoms with E-state index in [1.54, 1.807) is 12.1 Å². The summed E-state index contributed by atoms with van der Waals surface area (Å²) in [6.45, 7) is 5.55. The van der Waals surface area contributed by atoms with Gasteiger partial charge in [0.05, 0.1) is 5.75 Å². The molecule has 1 aliphatic heterocycles. The van der Waals surface area contributed by atoms with E-state index in [1.807, 2.05) is 17.0 Å². The highest BCUT2D eigenvalue weighted by Gasteiger charge is 2.27. The number of nitrogens with zero attached hydrogens (tertiary/aromatic N) is 1. The summed E-state index contributed by atoms with van der Waals surface area (Å²) in [5.41, 5.74) is 1.73. The first-order chi connectivity index (χ1) is 10.8. The van der Waals surface area contributed by atoms with Crippen LogP contribution in [0.4, 0.5) is 4.79 Å². The molecule has 2 amide bonds. The molecule has 0 aromatic heterocycles. The molecule has 1 saturated heterocycles. The van der Waals surface area contributed by atoms with Crippen LogP contribution < -0.4 is 5.32 Å². The third-order valence-electron chi connectivity index (χ3n) is 4.53. The van der Waals surface area contributed by atoms with Crippen molar-refractivity contribution in [3.8, 4) is 0 Å². The predicted octanol–water partition coefficient (Wildman–Crippen LogP) is 2.56. The lowest BCUT2D eigenvalue weighted by atomic mass is 9.92. The van der Waals surface area contributed by atoms with E-state index in [0.29, 0.717) is 12.5 Å². The molecule has 6 heteroatoms. The lowest BCUT2D eigenvalue weighted by molar-refractivity contribution is 0.128. The van der Waals surface area contributed by atoms with Crippen molar-refractivity contribution in [2.75, 3.05) is 12.8 Å². The molecule has 2 unspecified atom stereocenters. The van der Waals surface area contributed by atoms with Crippen molar-refractivity contribution >= 4 is 15.9 Å². The third-order valence-corrected chi connectivity index (χ3v) is 5.39. The fourth-order valence-electron chi connectivity index (χ4n) is 2.96. The number of sulfone groups is 1. The Kier molecular flexibility index (Phi) is 5.68. The minimum absolute atomic E-state index is 0.0238. The summed E-state index contributed by atoms with van der Waals surface area (Å²) >= 11 is 0. The zero-order chi connectivity index (χ0) is 17.0. The van der Waals surface area contributed by atoms with E-state index in [-0.39, 0.29) is 17.8 Å². The smallest absolute Gasteiger partial charge is 0.317 e. The van der Waals surface area contributed by atoms with Gasteiger partial charge in [-0.25, -0.2) is 13.2 Å². The number of nitrogens with one attached hydrogen (secondary N) is 1. The first-order valence-electron chi connectivity index (χ1n) is 8.06. The largest absolute Gasteiger partial charge is 0.334 e. The predicted molar refractivity (Wildman–Crippen MR) is 91.8 cm³/mol. The highest BCUT2D eigenvalue weighted by Crippen LogP contribution is 2.22. The third kappa shape index (κ3) is 5.23. The van der Waals surface area contributed by atoms with Gasteiger partial charge in [0, 0.05) is 25.4 Å². The summed E-state index contributed by atoms with van der Waals surface area (Å²) in [6.07, 6.45) is 3.45. The van der Waals surface area contributed by atoms with Crippen molar-refractivity contribution < 1.29 is 13.2 Å². The van der Waals surface area contributed by atoms with Gasteiger partial charge in [-0.3, -0.25) is 0 Å². The van der Waals surface area contributed by atoms with Gasteiger partial charge in [0.25, 0.3) is 0 Å². The van der Waals surface area contributed by atoms with Crippen LogP contribution in [-0.4, -0.2) is 38.2 Å². The standard InChI is InChI=1S/C17H26N2O3S/c1-13-5-4-10-19(14(13)2)17(20)18-11-15-6-8-16(9-7-15)12-23(3,21)22/h6-9,13-14H,4-5,10-12H2,1-3H3,(H,18,20). The number of benzene rings is 1. The Balaban J connectivity index is 1.89. The maximum atomic E-state index is 12.3. The molecule has 1 aromatic carbocycles. The molecule has 23 heavy (non-hydrogen) atoms. The van der Waals surface area contributed by atoms with E-state index in [2.05, 4.69) is 19.2 Å². The lowest BCUT2D eigenvalue weighted by Gasteiger charge is -2.37. The summed E-state index contributed by atoms with van der Waals surface area (Å²) in [5, 5.41) is 2.96. The Morgan fingerprint density at radius 2 is 1.83 bits per heavy atom. The molecule has 1 aliphatic rings. The Morgan fingerprint density at radius 3 is 2.43 bits per heavy atom. The Morgan fingerprint density at radius 1 is 1.22 bits per heavy atom. The van der Waals surface area contributed by atoms with Gasteiger partial charge in [-0.2, -0.15) is 0 Å². The second-order valence-corrected chi connectivity index (χ2v) is 8.74. The van der Waals surface area contributed by atoms with E-state index in [9.17, 15) is 13.2 Å². The molecule has 0 spiro atoms. The second kappa shape index (κ2) is 7.34. The zero-order valence-corrected chi connectivity index (χ0v) is 14.9. The van der Waals surface area contributed by atoms with Crippen molar-refractivity contribution in [2.24, 2.45) is 5.92 Å². The van der Waals surface area contributed by atoms with Crippen LogP contribution in [0.25, 0.3) is 0 Å².